The summed E-state index contributed by atoms with van der Waals surface area (Å²) in [4.78, 5) is 15.8. The average molecular weight is 459 g/mol. The van der Waals surface area contributed by atoms with E-state index in [1.54, 1.807) is 7.11 Å². The van der Waals surface area contributed by atoms with Crippen molar-refractivity contribution in [3.05, 3.63) is 65.2 Å². The maximum Gasteiger partial charge on any atom is 0.251 e. The molecule has 4 bridgehead atoms. The summed E-state index contributed by atoms with van der Waals surface area (Å²) in [6, 6.07) is 16.3. The molecule has 5 atom stereocenters. The van der Waals surface area contributed by atoms with Gasteiger partial charge in [-0.05, 0) is 92.3 Å². The Morgan fingerprint density at radius 1 is 1.15 bits per heavy atom. The van der Waals surface area contributed by atoms with Crippen molar-refractivity contribution in [3.63, 3.8) is 0 Å². The number of carbonyl (C=O) groups is 1. The predicted molar refractivity (Wildman–Crippen MR) is 130 cm³/mol. The van der Waals surface area contributed by atoms with Gasteiger partial charge in [-0.15, -0.1) is 0 Å². The first-order valence-electron chi connectivity index (χ1n) is 13.1. The number of hydrogen-bond acceptors (Lipinski definition) is 4. The van der Waals surface area contributed by atoms with Gasteiger partial charge in [0, 0.05) is 24.6 Å². The third kappa shape index (κ3) is 2.96. The Labute approximate surface area is 201 Å². The minimum atomic E-state index is -0.289. The van der Waals surface area contributed by atoms with Gasteiger partial charge in [0.05, 0.1) is 24.4 Å². The summed E-state index contributed by atoms with van der Waals surface area (Å²) < 4.78 is 12.7. The van der Waals surface area contributed by atoms with E-state index in [4.69, 9.17) is 9.47 Å². The lowest BCUT2D eigenvalue weighted by Gasteiger charge is -2.60. The van der Waals surface area contributed by atoms with E-state index < -0.39 is 0 Å². The number of benzene rings is 2. The van der Waals surface area contributed by atoms with Crippen LogP contribution in [0.25, 0.3) is 0 Å². The van der Waals surface area contributed by atoms with E-state index in [0.29, 0.717) is 18.4 Å². The molecule has 2 aromatic rings. The van der Waals surface area contributed by atoms with Crippen molar-refractivity contribution in [3.8, 4) is 5.75 Å². The molecular formula is C29H34N2O3. The maximum atomic E-state index is 13.0. The molecule has 5 nitrogen and oxygen atoms in total. The van der Waals surface area contributed by atoms with Gasteiger partial charge in [-0.25, -0.2) is 0 Å². The molecule has 1 N–H and O–H groups in total. The lowest BCUT2D eigenvalue weighted by molar-refractivity contribution is -0.0545. The normalized spacial score (nSPS) is 35.5. The number of ether oxygens (including phenoxy) is 2. The Hall–Kier alpha value is -2.37. The number of hydrogen-bond donors (Lipinski definition) is 1. The number of likely N-dealkylation sites (tertiary alicyclic amines) is 1. The largest absolute Gasteiger partial charge is 0.497 e. The predicted octanol–water partition coefficient (Wildman–Crippen LogP) is 4.17. The first kappa shape index (κ1) is 21.0. The van der Waals surface area contributed by atoms with Gasteiger partial charge in [0.25, 0.3) is 5.91 Å². The van der Waals surface area contributed by atoms with Crippen LogP contribution in [0.2, 0.25) is 0 Å². The molecule has 2 aromatic carbocycles. The molecule has 0 aromatic heterocycles. The zero-order valence-corrected chi connectivity index (χ0v) is 20.0. The van der Waals surface area contributed by atoms with E-state index in [1.807, 2.05) is 30.3 Å². The number of fused-ring (bicyclic) bond motifs is 4. The summed E-state index contributed by atoms with van der Waals surface area (Å²) in [5.41, 5.74) is 3.42. The van der Waals surface area contributed by atoms with Gasteiger partial charge < -0.3 is 14.8 Å². The SMILES string of the molecule is COc1ccc2c(c1)C1CCN(CC3CC3)C3(C2)C2CC[C@@](CNC(=O)c4ccccc4)(O2)C13. The topological polar surface area (TPSA) is 50.8 Å². The van der Waals surface area contributed by atoms with E-state index in [-0.39, 0.29) is 23.2 Å². The van der Waals surface area contributed by atoms with Crippen LogP contribution in [0.1, 0.15) is 59.5 Å². The second kappa shape index (κ2) is 7.56. The van der Waals surface area contributed by atoms with Gasteiger partial charge in [-0.2, -0.15) is 0 Å². The van der Waals surface area contributed by atoms with Crippen molar-refractivity contribution in [2.45, 2.75) is 61.7 Å². The highest BCUT2D eigenvalue weighted by Gasteiger charge is 2.73. The number of methoxy groups -OCH3 is 1. The molecule has 178 valence electrons. The van der Waals surface area contributed by atoms with E-state index in [9.17, 15) is 4.79 Å². The first-order chi connectivity index (χ1) is 16.6. The second-order valence-electron chi connectivity index (χ2n) is 11.3. The van der Waals surface area contributed by atoms with Crippen LogP contribution in [0.15, 0.2) is 48.5 Å². The van der Waals surface area contributed by atoms with E-state index in [0.717, 1.165) is 49.5 Å². The molecule has 5 heteroatoms. The standard InChI is InChI=1S/C29H34N2O3/c1-33-22-10-9-21-16-29-25-11-13-28(34-25,18-30-27(32)20-5-3-2-4-6-20)26(29)23(24(21)15-22)12-14-31(29)17-19-7-8-19/h2-6,9-10,15,19,23,25-26H,7-8,11-14,16-18H2,1H3,(H,30,32)/t23?,25?,26?,28-,29?/m0/s1. The first-order valence-corrected chi connectivity index (χ1v) is 13.1. The number of amides is 1. The number of rotatable bonds is 6. The van der Waals surface area contributed by atoms with Crippen molar-refractivity contribution < 1.29 is 14.3 Å². The Morgan fingerprint density at radius 2 is 2.00 bits per heavy atom. The van der Waals surface area contributed by atoms with Gasteiger partial charge in [0.1, 0.15) is 5.75 Å². The summed E-state index contributed by atoms with van der Waals surface area (Å²) in [5.74, 6) is 2.66. The zero-order valence-electron chi connectivity index (χ0n) is 20.0. The summed E-state index contributed by atoms with van der Waals surface area (Å²) in [6.07, 6.45) is 7.34. The number of carbonyl (C=O) groups excluding carboxylic acids is 1. The Kier molecular flexibility index (Phi) is 4.66. The van der Waals surface area contributed by atoms with Crippen molar-refractivity contribution >= 4 is 5.91 Å². The van der Waals surface area contributed by atoms with Crippen LogP contribution in [-0.2, 0) is 11.2 Å². The Bertz CT molecular complexity index is 1120. The smallest absolute Gasteiger partial charge is 0.251 e. The highest BCUT2D eigenvalue weighted by molar-refractivity contribution is 5.94. The molecule has 34 heavy (non-hydrogen) atoms. The second-order valence-corrected chi connectivity index (χ2v) is 11.3. The zero-order chi connectivity index (χ0) is 22.9. The van der Waals surface area contributed by atoms with Gasteiger partial charge in [0.15, 0.2) is 0 Å². The molecule has 3 aliphatic heterocycles. The van der Waals surface area contributed by atoms with Gasteiger partial charge in [-0.1, -0.05) is 24.3 Å². The molecule has 7 rings (SSSR count). The van der Waals surface area contributed by atoms with E-state index >= 15 is 0 Å². The van der Waals surface area contributed by atoms with Gasteiger partial charge in [-0.3, -0.25) is 9.69 Å². The van der Waals surface area contributed by atoms with Crippen LogP contribution >= 0.6 is 0 Å². The number of nitrogens with one attached hydrogen (secondary N) is 1. The third-order valence-corrected chi connectivity index (χ3v) is 9.56. The van der Waals surface area contributed by atoms with Crippen molar-refractivity contribution in [1.29, 1.82) is 0 Å². The van der Waals surface area contributed by atoms with Crippen molar-refractivity contribution in [2.24, 2.45) is 11.8 Å². The fraction of sp³-hybridized carbons (Fsp3) is 0.552. The molecule has 3 heterocycles. The van der Waals surface area contributed by atoms with Crippen LogP contribution in [0, 0.1) is 11.8 Å². The summed E-state index contributed by atoms with van der Waals surface area (Å²) in [7, 11) is 1.76. The molecule has 4 fully saturated rings. The fourth-order valence-corrected chi connectivity index (χ4v) is 8.02. The quantitative estimate of drug-likeness (QED) is 0.706. The molecule has 1 saturated carbocycles. The molecule has 2 aliphatic carbocycles. The van der Waals surface area contributed by atoms with E-state index in [1.165, 1.54) is 30.5 Å². The van der Waals surface area contributed by atoms with Crippen LogP contribution < -0.4 is 10.1 Å². The minimum Gasteiger partial charge on any atom is -0.497 e. The fourth-order valence-electron chi connectivity index (χ4n) is 8.02. The minimum absolute atomic E-state index is 0.000787. The molecule has 4 unspecified atom stereocenters. The molecule has 3 saturated heterocycles. The van der Waals surface area contributed by atoms with Crippen LogP contribution in [0.4, 0.5) is 0 Å². The van der Waals surface area contributed by atoms with Gasteiger partial charge in [0.2, 0.25) is 0 Å². The lowest BCUT2D eigenvalue weighted by Crippen LogP contribution is -2.70. The number of piperidine rings is 1. The maximum absolute atomic E-state index is 13.0. The molecular weight excluding hydrogens is 424 g/mol. The summed E-state index contributed by atoms with van der Waals surface area (Å²) in [5, 5.41) is 3.29. The number of nitrogens with zero attached hydrogens (tertiary/aromatic N) is 1. The van der Waals surface area contributed by atoms with E-state index in [2.05, 4.69) is 28.4 Å². The average Bonchev–Trinajstić information content (AvgIpc) is 3.52. The monoisotopic (exact) mass is 458 g/mol. The van der Waals surface area contributed by atoms with Crippen LogP contribution in [0.3, 0.4) is 0 Å². The highest BCUT2D eigenvalue weighted by Crippen LogP contribution is 2.66. The lowest BCUT2D eigenvalue weighted by atomic mass is 9.52. The Morgan fingerprint density at radius 3 is 2.79 bits per heavy atom. The highest BCUT2D eigenvalue weighted by atomic mass is 16.5. The molecule has 1 amide bonds. The Balaban J connectivity index is 1.27. The van der Waals surface area contributed by atoms with Crippen LogP contribution in [-0.4, -0.2) is 54.8 Å². The summed E-state index contributed by atoms with van der Waals surface area (Å²) >= 11 is 0. The molecule has 0 spiro atoms. The van der Waals surface area contributed by atoms with Crippen LogP contribution in [0.5, 0.6) is 5.75 Å². The third-order valence-electron chi connectivity index (χ3n) is 9.56. The van der Waals surface area contributed by atoms with Gasteiger partial charge >= 0.3 is 0 Å². The molecule has 0 radical (unpaired) electrons. The molecule has 5 aliphatic rings. The van der Waals surface area contributed by atoms with Crippen molar-refractivity contribution in [1.82, 2.24) is 10.2 Å². The summed E-state index contributed by atoms with van der Waals surface area (Å²) in [6.45, 7) is 2.96. The van der Waals surface area contributed by atoms with Crippen molar-refractivity contribution in [2.75, 3.05) is 26.7 Å².